The van der Waals surface area contributed by atoms with Crippen LogP contribution in [0.15, 0.2) is 30.3 Å². The number of amides is 1. The number of nitrogens with zero attached hydrogens (tertiary/aromatic N) is 1. The van der Waals surface area contributed by atoms with Gasteiger partial charge in [-0.2, -0.15) is 0 Å². The lowest BCUT2D eigenvalue weighted by molar-refractivity contribution is 0.0720. The number of thiophene rings is 1. The molecule has 0 N–H and O–H groups in total. The molecule has 2 aromatic rings. The molecular formula is C19H21NOS. The zero-order valence-corrected chi connectivity index (χ0v) is 13.8. The van der Waals surface area contributed by atoms with Crippen molar-refractivity contribution in [2.75, 3.05) is 7.05 Å². The summed E-state index contributed by atoms with van der Waals surface area (Å²) >= 11 is 1.71. The van der Waals surface area contributed by atoms with Gasteiger partial charge >= 0.3 is 0 Å². The molecule has 0 saturated heterocycles. The minimum absolute atomic E-state index is 0.195. The van der Waals surface area contributed by atoms with E-state index in [0.717, 1.165) is 30.6 Å². The molecule has 0 radical (unpaired) electrons. The van der Waals surface area contributed by atoms with Crippen LogP contribution in [0.25, 0.3) is 0 Å². The second kappa shape index (κ2) is 5.54. The number of carbonyl (C=O) groups is 1. The van der Waals surface area contributed by atoms with Gasteiger partial charge in [-0.1, -0.05) is 24.3 Å². The molecule has 2 nitrogen and oxygen atoms in total. The fourth-order valence-electron chi connectivity index (χ4n) is 3.88. The molecule has 2 aliphatic rings. The van der Waals surface area contributed by atoms with E-state index in [1.807, 2.05) is 11.9 Å². The van der Waals surface area contributed by atoms with E-state index >= 15 is 0 Å². The van der Waals surface area contributed by atoms with Crippen LogP contribution in [-0.2, 0) is 19.3 Å². The summed E-state index contributed by atoms with van der Waals surface area (Å²) in [6, 6.07) is 11.0. The Kier molecular flexibility index (Phi) is 3.53. The van der Waals surface area contributed by atoms with E-state index in [1.54, 1.807) is 11.3 Å². The van der Waals surface area contributed by atoms with Crippen LogP contribution >= 0.6 is 11.3 Å². The van der Waals surface area contributed by atoms with E-state index in [-0.39, 0.29) is 11.9 Å². The Morgan fingerprint density at radius 3 is 2.82 bits per heavy atom. The summed E-state index contributed by atoms with van der Waals surface area (Å²) in [4.78, 5) is 17.2. The van der Waals surface area contributed by atoms with Crippen LogP contribution in [0.5, 0.6) is 0 Å². The van der Waals surface area contributed by atoms with Crippen LogP contribution < -0.4 is 0 Å². The van der Waals surface area contributed by atoms with Crippen molar-refractivity contribution in [2.24, 2.45) is 0 Å². The zero-order chi connectivity index (χ0) is 15.1. The molecule has 1 amide bonds. The topological polar surface area (TPSA) is 20.3 Å². The maximum absolute atomic E-state index is 12.9. The highest BCUT2D eigenvalue weighted by Crippen LogP contribution is 2.36. The Balaban J connectivity index is 1.61. The molecule has 22 heavy (non-hydrogen) atoms. The molecule has 0 saturated carbocycles. The molecule has 0 fully saturated rings. The molecule has 0 aliphatic heterocycles. The maximum atomic E-state index is 12.9. The van der Waals surface area contributed by atoms with E-state index in [9.17, 15) is 4.79 Å². The monoisotopic (exact) mass is 311 g/mol. The van der Waals surface area contributed by atoms with Gasteiger partial charge < -0.3 is 4.90 Å². The van der Waals surface area contributed by atoms with E-state index < -0.39 is 0 Å². The van der Waals surface area contributed by atoms with Crippen LogP contribution in [0.4, 0.5) is 0 Å². The average Bonchev–Trinajstić information content (AvgIpc) is 3.14. The van der Waals surface area contributed by atoms with E-state index in [4.69, 9.17) is 0 Å². The first-order chi connectivity index (χ1) is 10.7. The Morgan fingerprint density at radius 1 is 1.14 bits per heavy atom. The van der Waals surface area contributed by atoms with Gasteiger partial charge in [0.05, 0.1) is 10.9 Å². The summed E-state index contributed by atoms with van der Waals surface area (Å²) in [6.45, 7) is 0. The zero-order valence-electron chi connectivity index (χ0n) is 13.0. The third-order valence-electron chi connectivity index (χ3n) is 5.08. The van der Waals surface area contributed by atoms with Gasteiger partial charge in [0, 0.05) is 11.9 Å². The number of benzene rings is 1. The van der Waals surface area contributed by atoms with Crippen molar-refractivity contribution < 1.29 is 4.79 Å². The highest BCUT2D eigenvalue weighted by molar-refractivity contribution is 7.14. The quantitative estimate of drug-likeness (QED) is 0.805. The van der Waals surface area contributed by atoms with Crippen molar-refractivity contribution in [3.8, 4) is 0 Å². The summed E-state index contributed by atoms with van der Waals surface area (Å²) < 4.78 is 0. The Labute approximate surface area is 135 Å². The first-order valence-corrected chi connectivity index (χ1v) is 9.02. The second-order valence-corrected chi connectivity index (χ2v) is 7.57. The lowest BCUT2D eigenvalue weighted by atomic mass is 9.87. The molecule has 1 heterocycles. The molecule has 1 aromatic heterocycles. The van der Waals surface area contributed by atoms with Gasteiger partial charge in [0.1, 0.15) is 0 Å². The third-order valence-corrected chi connectivity index (χ3v) is 6.31. The fourth-order valence-corrected chi connectivity index (χ4v) is 5.12. The molecule has 4 rings (SSSR count). The highest BCUT2D eigenvalue weighted by atomic mass is 32.1. The standard InChI is InChI=1S/C19H21NOS/c1-20(16-10-4-7-13-6-2-3-9-15(13)16)19(21)18-12-14-8-5-11-17(14)22-18/h2-3,6,9,12,16H,4-5,7-8,10-11H2,1H3/t16-/m1/s1. The molecule has 3 heteroatoms. The summed E-state index contributed by atoms with van der Waals surface area (Å²) in [5, 5.41) is 0. The average molecular weight is 311 g/mol. The van der Waals surface area contributed by atoms with Gasteiger partial charge in [-0.15, -0.1) is 11.3 Å². The Hall–Kier alpha value is -1.61. The van der Waals surface area contributed by atoms with Crippen molar-refractivity contribution in [1.29, 1.82) is 0 Å². The van der Waals surface area contributed by atoms with E-state index in [0.29, 0.717) is 0 Å². The van der Waals surface area contributed by atoms with Crippen molar-refractivity contribution in [2.45, 2.75) is 44.6 Å². The van der Waals surface area contributed by atoms with Crippen LogP contribution in [0.2, 0.25) is 0 Å². The van der Waals surface area contributed by atoms with Crippen molar-refractivity contribution in [3.05, 3.63) is 56.8 Å². The largest absolute Gasteiger partial charge is 0.334 e. The number of rotatable bonds is 2. The molecule has 1 aromatic carbocycles. The minimum Gasteiger partial charge on any atom is -0.334 e. The molecule has 0 bridgehead atoms. The van der Waals surface area contributed by atoms with Crippen LogP contribution in [0.3, 0.4) is 0 Å². The SMILES string of the molecule is CN(C(=O)c1cc2c(s1)CCC2)[C@@H]1CCCc2ccccc21. The third kappa shape index (κ3) is 2.28. The van der Waals surface area contributed by atoms with E-state index in [1.165, 1.54) is 34.4 Å². The van der Waals surface area contributed by atoms with E-state index in [2.05, 4.69) is 30.3 Å². The summed E-state index contributed by atoms with van der Waals surface area (Å²) in [5.74, 6) is 0.195. The molecule has 2 aliphatic carbocycles. The van der Waals surface area contributed by atoms with Crippen molar-refractivity contribution in [1.82, 2.24) is 4.90 Å². The second-order valence-electron chi connectivity index (χ2n) is 6.44. The molecule has 114 valence electrons. The lowest BCUT2D eigenvalue weighted by Crippen LogP contribution is -2.32. The van der Waals surface area contributed by atoms with Crippen LogP contribution in [0.1, 0.15) is 56.5 Å². The van der Waals surface area contributed by atoms with Crippen molar-refractivity contribution in [3.63, 3.8) is 0 Å². The van der Waals surface area contributed by atoms with Gasteiger partial charge in [0.25, 0.3) is 5.91 Å². The molecule has 0 spiro atoms. The van der Waals surface area contributed by atoms with Gasteiger partial charge in [0.15, 0.2) is 0 Å². The smallest absolute Gasteiger partial charge is 0.264 e. The highest BCUT2D eigenvalue weighted by Gasteiger charge is 2.28. The Morgan fingerprint density at radius 2 is 1.95 bits per heavy atom. The summed E-state index contributed by atoms with van der Waals surface area (Å²) in [6.07, 6.45) is 6.94. The van der Waals surface area contributed by atoms with Gasteiger partial charge in [-0.05, 0) is 61.3 Å². The molecule has 1 atom stereocenters. The number of aryl methyl sites for hydroxylation is 3. The summed E-state index contributed by atoms with van der Waals surface area (Å²) in [5.41, 5.74) is 4.16. The Bertz CT molecular complexity index is 696. The first kappa shape index (κ1) is 14.0. The predicted octanol–water partition coefficient (Wildman–Crippen LogP) is 4.39. The minimum atomic E-state index is 0.195. The number of fused-ring (bicyclic) bond motifs is 2. The van der Waals surface area contributed by atoms with Crippen molar-refractivity contribution >= 4 is 17.2 Å². The molecular weight excluding hydrogens is 290 g/mol. The van der Waals surface area contributed by atoms with Gasteiger partial charge in [-0.25, -0.2) is 0 Å². The van der Waals surface area contributed by atoms with Crippen LogP contribution in [-0.4, -0.2) is 17.9 Å². The maximum Gasteiger partial charge on any atom is 0.264 e. The molecule has 0 unspecified atom stereocenters. The number of hydrogen-bond donors (Lipinski definition) is 0. The van der Waals surface area contributed by atoms with Gasteiger partial charge in [-0.3, -0.25) is 4.79 Å². The lowest BCUT2D eigenvalue weighted by Gasteiger charge is -2.33. The summed E-state index contributed by atoms with van der Waals surface area (Å²) in [7, 11) is 1.97. The number of hydrogen-bond acceptors (Lipinski definition) is 2. The first-order valence-electron chi connectivity index (χ1n) is 8.20. The van der Waals surface area contributed by atoms with Crippen LogP contribution in [0, 0.1) is 0 Å². The predicted molar refractivity (Wildman–Crippen MR) is 90.6 cm³/mol. The van der Waals surface area contributed by atoms with Gasteiger partial charge in [0.2, 0.25) is 0 Å². The fraction of sp³-hybridized carbons (Fsp3) is 0.421. The normalized spacial score (nSPS) is 19.6. The number of carbonyl (C=O) groups excluding carboxylic acids is 1.